The van der Waals surface area contributed by atoms with Crippen molar-refractivity contribution in [2.45, 2.75) is 33.6 Å². The third kappa shape index (κ3) is 5.05. The van der Waals surface area contributed by atoms with Crippen molar-refractivity contribution in [2.24, 2.45) is 5.41 Å². The van der Waals surface area contributed by atoms with Gasteiger partial charge < -0.3 is 10.1 Å². The van der Waals surface area contributed by atoms with E-state index in [-0.39, 0.29) is 23.4 Å². The van der Waals surface area contributed by atoms with Gasteiger partial charge in [-0.05, 0) is 73.4 Å². The highest BCUT2D eigenvalue weighted by molar-refractivity contribution is 6.30. The van der Waals surface area contributed by atoms with E-state index in [0.29, 0.717) is 46.1 Å². The number of hydrogen-bond acceptors (Lipinski definition) is 5. The summed E-state index contributed by atoms with van der Waals surface area (Å²) < 4.78 is 6.40. The number of pyridine rings is 1. The number of hydrogen-bond donors (Lipinski definition) is 1. The van der Waals surface area contributed by atoms with Crippen molar-refractivity contribution in [2.75, 3.05) is 11.9 Å². The maximum absolute atomic E-state index is 13.6. The highest BCUT2D eigenvalue weighted by Crippen LogP contribution is 2.35. The minimum absolute atomic E-state index is 0.119. The summed E-state index contributed by atoms with van der Waals surface area (Å²) in [5, 5.41) is 3.19. The Morgan fingerprint density at radius 3 is 2.31 bits per heavy atom. The zero-order valence-corrected chi connectivity index (χ0v) is 20.4. The molecule has 1 heterocycles. The maximum Gasteiger partial charge on any atom is 0.338 e. The van der Waals surface area contributed by atoms with Gasteiger partial charge in [-0.15, -0.1) is 0 Å². The van der Waals surface area contributed by atoms with Crippen LogP contribution in [0, 0.1) is 5.41 Å². The monoisotopic (exact) mass is 492 g/mol. The molecule has 0 atom stereocenters. The molecule has 0 aliphatic heterocycles. The minimum atomic E-state index is -0.651. The standard InChI is InChI=1S/C27H25ClN2O5/c1-4-35-26(34)16-5-9-18(10-6-16)29-24(32)21-13-20-22(14-27(2,3)15-23(20)31)30(25(21)33)19-11-7-17(28)8-12-19/h5-13H,4,14-15H2,1-3H3,(H,29,32). The normalized spacial score (nSPS) is 14.2. The molecule has 180 valence electrons. The number of carbonyl (C=O) groups excluding carboxylic acids is 3. The number of Topliss-reactive ketones (excluding diaryl/α,β-unsaturated/α-hetero) is 1. The Morgan fingerprint density at radius 1 is 1.03 bits per heavy atom. The lowest BCUT2D eigenvalue weighted by molar-refractivity contribution is 0.0526. The van der Waals surface area contributed by atoms with E-state index in [2.05, 4.69) is 5.32 Å². The molecular formula is C27H25ClN2O5. The largest absolute Gasteiger partial charge is 0.462 e. The third-order valence-corrected chi connectivity index (χ3v) is 6.12. The van der Waals surface area contributed by atoms with Gasteiger partial charge >= 0.3 is 5.97 Å². The summed E-state index contributed by atoms with van der Waals surface area (Å²) in [6.45, 7) is 5.93. The second-order valence-electron chi connectivity index (χ2n) is 9.23. The highest BCUT2D eigenvalue weighted by atomic mass is 35.5. The molecule has 1 aliphatic rings. The van der Waals surface area contributed by atoms with Crippen molar-refractivity contribution >= 4 is 34.9 Å². The molecule has 0 spiro atoms. The Balaban J connectivity index is 1.76. The van der Waals surface area contributed by atoms with E-state index in [4.69, 9.17) is 16.3 Å². The van der Waals surface area contributed by atoms with Crippen LogP contribution in [0.2, 0.25) is 5.02 Å². The number of aromatic nitrogens is 1. The quantitative estimate of drug-likeness (QED) is 0.501. The van der Waals surface area contributed by atoms with Gasteiger partial charge in [0.25, 0.3) is 11.5 Å². The molecular weight excluding hydrogens is 468 g/mol. The number of amides is 1. The number of rotatable bonds is 5. The number of carbonyl (C=O) groups is 3. The van der Waals surface area contributed by atoms with Gasteiger partial charge in [0.1, 0.15) is 5.56 Å². The molecule has 0 saturated heterocycles. The van der Waals surface area contributed by atoms with Crippen LogP contribution in [0.15, 0.2) is 59.4 Å². The molecule has 1 aromatic heterocycles. The molecule has 7 nitrogen and oxygen atoms in total. The highest BCUT2D eigenvalue weighted by Gasteiger charge is 2.35. The Labute approximate surface area is 207 Å². The molecule has 0 unspecified atom stereocenters. The van der Waals surface area contributed by atoms with Crippen molar-refractivity contribution in [3.8, 4) is 5.69 Å². The first-order chi connectivity index (χ1) is 16.6. The molecule has 2 aromatic carbocycles. The lowest BCUT2D eigenvalue weighted by atomic mass is 9.75. The summed E-state index contributed by atoms with van der Waals surface area (Å²) in [6.07, 6.45) is 0.818. The van der Waals surface area contributed by atoms with E-state index in [1.807, 2.05) is 13.8 Å². The summed E-state index contributed by atoms with van der Waals surface area (Å²) in [6, 6.07) is 14.2. The van der Waals surface area contributed by atoms with Gasteiger partial charge in [0.15, 0.2) is 5.78 Å². The predicted molar refractivity (Wildman–Crippen MR) is 134 cm³/mol. The number of halogens is 1. The van der Waals surface area contributed by atoms with Crippen LogP contribution in [0.3, 0.4) is 0 Å². The first kappa shape index (κ1) is 24.4. The Kier molecular flexibility index (Phi) is 6.63. The number of esters is 1. The third-order valence-electron chi connectivity index (χ3n) is 5.87. The van der Waals surface area contributed by atoms with E-state index >= 15 is 0 Å². The molecule has 0 saturated carbocycles. The zero-order valence-electron chi connectivity index (χ0n) is 19.7. The second-order valence-corrected chi connectivity index (χ2v) is 9.66. The van der Waals surface area contributed by atoms with Gasteiger partial charge in [-0.3, -0.25) is 19.0 Å². The number of benzene rings is 2. The maximum atomic E-state index is 13.6. The summed E-state index contributed by atoms with van der Waals surface area (Å²) in [5.41, 5.74) is 1.20. The van der Waals surface area contributed by atoms with Crippen LogP contribution in [0.25, 0.3) is 5.69 Å². The van der Waals surface area contributed by atoms with E-state index in [1.165, 1.54) is 22.8 Å². The summed E-state index contributed by atoms with van der Waals surface area (Å²) in [7, 11) is 0. The molecule has 1 aliphatic carbocycles. The number of ether oxygens (including phenoxy) is 1. The molecule has 1 amide bonds. The van der Waals surface area contributed by atoms with Gasteiger partial charge in [-0.25, -0.2) is 4.79 Å². The van der Waals surface area contributed by atoms with Crippen LogP contribution in [-0.2, 0) is 11.2 Å². The second kappa shape index (κ2) is 9.50. The number of anilines is 1. The van der Waals surface area contributed by atoms with Gasteiger partial charge in [0.2, 0.25) is 0 Å². The van der Waals surface area contributed by atoms with Crippen molar-refractivity contribution in [3.05, 3.63) is 92.4 Å². The van der Waals surface area contributed by atoms with E-state index in [0.717, 1.165) is 0 Å². The zero-order chi connectivity index (χ0) is 25.3. The molecule has 3 aromatic rings. The summed E-state index contributed by atoms with van der Waals surface area (Å²) in [4.78, 5) is 51.6. The van der Waals surface area contributed by atoms with E-state index in [9.17, 15) is 19.2 Å². The fraction of sp³-hybridized carbons (Fsp3) is 0.259. The molecule has 1 N–H and O–H groups in total. The van der Waals surface area contributed by atoms with Crippen LogP contribution in [0.1, 0.15) is 64.0 Å². The molecule has 0 fully saturated rings. The van der Waals surface area contributed by atoms with Crippen LogP contribution in [-0.4, -0.2) is 28.8 Å². The lowest BCUT2D eigenvalue weighted by Crippen LogP contribution is -2.37. The first-order valence-electron chi connectivity index (χ1n) is 11.3. The Bertz CT molecular complexity index is 1370. The van der Waals surface area contributed by atoms with Crippen molar-refractivity contribution in [1.82, 2.24) is 4.57 Å². The van der Waals surface area contributed by atoms with Crippen LogP contribution in [0.5, 0.6) is 0 Å². The van der Waals surface area contributed by atoms with Gasteiger partial charge in [-0.2, -0.15) is 0 Å². The van der Waals surface area contributed by atoms with Crippen LogP contribution >= 0.6 is 11.6 Å². The smallest absolute Gasteiger partial charge is 0.338 e. The molecule has 4 rings (SSSR count). The van der Waals surface area contributed by atoms with Gasteiger partial charge in [0, 0.05) is 34.1 Å². The number of fused-ring (bicyclic) bond motifs is 1. The van der Waals surface area contributed by atoms with Crippen LogP contribution in [0.4, 0.5) is 5.69 Å². The van der Waals surface area contributed by atoms with Crippen LogP contribution < -0.4 is 10.9 Å². The lowest BCUT2D eigenvalue weighted by Gasteiger charge is -2.32. The molecule has 0 bridgehead atoms. The van der Waals surface area contributed by atoms with Gasteiger partial charge in [-0.1, -0.05) is 25.4 Å². The fourth-order valence-electron chi connectivity index (χ4n) is 4.24. The molecule has 0 radical (unpaired) electrons. The number of ketones is 1. The SMILES string of the molecule is CCOC(=O)c1ccc(NC(=O)c2cc3c(n(-c4ccc(Cl)cc4)c2=O)CC(C)(C)CC3=O)cc1. The summed E-state index contributed by atoms with van der Waals surface area (Å²) >= 11 is 6.04. The topological polar surface area (TPSA) is 94.5 Å². The first-order valence-corrected chi connectivity index (χ1v) is 11.6. The predicted octanol–water partition coefficient (Wildman–Crippen LogP) is 5.08. The Hall–Kier alpha value is -3.71. The molecule has 8 heteroatoms. The minimum Gasteiger partial charge on any atom is -0.462 e. The fourth-order valence-corrected chi connectivity index (χ4v) is 4.37. The van der Waals surface area contributed by atoms with Crippen molar-refractivity contribution in [1.29, 1.82) is 0 Å². The number of nitrogens with one attached hydrogen (secondary N) is 1. The van der Waals surface area contributed by atoms with Crippen molar-refractivity contribution < 1.29 is 19.1 Å². The average Bonchev–Trinajstić information content (AvgIpc) is 2.79. The van der Waals surface area contributed by atoms with E-state index in [1.54, 1.807) is 43.3 Å². The van der Waals surface area contributed by atoms with Gasteiger partial charge in [0.05, 0.1) is 12.2 Å². The average molecular weight is 493 g/mol. The Morgan fingerprint density at radius 2 is 1.69 bits per heavy atom. The number of nitrogens with zero attached hydrogens (tertiary/aromatic N) is 1. The van der Waals surface area contributed by atoms with Crippen molar-refractivity contribution in [3.63, 3.8) is 0 Å². The molecule has 35 heavy (non-hydrogen) atoms. The summed E-state index contributed by atoms with van der Waals surface area (Å²) in [5.74, 6) is -1.24. The van der Waals surface area contributed by atoms with E-state index < -0.39 is 17.4 Å².